The van der Waals surface area contributed by atoms with E-state index in [1.54, 1.807) is 26.0 Å². The van der Waals surface area contributed by atoms with E-state index in [1.807, 2.05) is 18.2 Å². The Morgan fingerprint density at radius 2 is 1.94 bits per heavy atom. The molecule has 0 aliphatic carbocycles. The summed E-state index contributed by atoms with van der Waals surface area (Å²) in [6.07, 6.45) is 0. The molecule has 0 unspecified atom stereocenters. The fraction of sp³-hybridized carbons (Fsp3) is 0.462. The molecule has 2 rings (SSSR count). The lowest BCUT2D eigenvalue weighted by Crippen LogP contribution is -2.15. The van der Waals surface area contributed by atoms with Gasteiger partial charge in [-0.25, -0.2) is 0 Å². The number of ether oxygens (including phenoxy) is 2. The third kappa shape index (κ3) is 2.90. The molecule has 98 valence electrons. The lowest BCUT2D eigenvalue weighted by Gasteiger charge is -2.11. The normalized spacial score (nSPS) is 17.2. The molecule has 18 heavy (non-hydrogen) atoms. The van der Waals surface area contributed by atoms with Crippen LogP contribution in [0.2, 0.25) is 0 Å². The molecule has 5 heteroatoms. The number of nitrogens with zero attached hydrogens (tertiary/aromatic N) is 1. The van der Waals surface area contributed by atoms with Crippen molar-refractivity contribution in [3.05, 3.63) is 18.2 Å². The lowest BCUT2D eigenvalue weighted by atomic mass is 10.1. The Labute approximate surface area is 112 Å². The van der Waals surface area contributed by atoms with Gasteiger partial charge in [0.25, 0.3) is 0 Å². The van der Waals surface area contributed by atoms with Crippen LogP contribution in [0, 0.1) is 0 Å². The van der Waals surface area contributed by atoms with E-state index in [4.69, 9.17) is 9.47 Å². The largest absolute Gasteiger partial charge is 0.493 e. The van der Waals surface area contributed by atoms with Gasteiger partial charge in [-0.3, -0.25) is 4.99 Å². The average molecular weight is 266 g/mol. The fourth-order valence-electron chi connectivity index (χ4n) is 1.69. The molecule has 0 saturated carbocycles. The quantitative estimate of drug-likeness (QED) is 0.913. The van der Waals surface area contributed by atoms with Crippen LogP contribution in [-0.4, -0.2) is 30.7 Å². The number of amidine groups is 1. The van der Waals surface area contributed by atoms with E-state index >= 15 is 0 Å². The Morgan fingerprint density at radius 3 is 2.50 bits per heavy atom. The van der Waals surface area contributed by atoms with Gasteiger partial charge in [0, 0.05) is 17.5 Å². The molecule has 0 atom stereocenters. The zero-order valence-corrected chi connectivity index (χ0v) is 11.9. The molecule has 0 bridgehead atoms. The Hall–Kier alpha value is -1.36. The van der Waals surface area contributed by atoms with E-state index in [0.717, 1.165) is 22.4 Å². The molecule has 1 N–H and O–H groups in total. The number of nitrogens with one attached hydrogen (secondary N) is 1. The number of hydrogen-bond donors (Lipinski definition) is 1. The maximum absolute atomic E-state index is 5.27. The van der Waals surface area contributed by atoms with E-state index < -0.39 is 0 Å². The first-order valence-electron chi connectivity index (χ1n) is 5.76. The van der Waals surface area contributed by atoms with Crippen molar-refractivity contribution in [2.24, 2.45) is 4.99 Å². The molecule has 4 nitrogen and oxygen atoms in total. The number of thioether (sulfide) groups is 1. The van der Waals surface area contributed by atoms with Crippen LogP contribution in [-0.2, 0) is 0 Å². The molecule has 1 aromatic carbocycles. The minimum Gasteiger partial charge on any atom is -0.493 e. The van der Waals surface area contributed by atoms with Crippen LogP contribution in [0.5, 0.6) is 11.5 Å². The molecule has 1 aromatic rings. The van der Waals surface area contributed by atoms with Gasteiger partial charge in [0.2, 0.25) is 0 Å². The molecule has 0 radical (unpaired) electrons. The van der Waals surface area contributed by atoms with Crippen molar-refractivity contribution in [3.8, 4) is 11.5 Å². The monoisotopic (exact) mass is 266 g/mol. The van der Waals surface area contributed by atoms with Gasteiger partial charge in [-0.2, -0.15) is 0 Å². The van der Waals surface area contributed by atoms with Crippen LogP contribution in [0.15, 0.2) is 23.2 Å². The van der Waals surface area contributed by atoms with Gasteiger partial charge in [-0.05, 0) is 26.0 Å². The van der Waals surface area contributed by atoms with Gasteiger partial charge < -0.3 is 14.8 Å². The summed E-state index contributed by atoms with van der Waals surface area (Å²) in [4.78, 5) is 4.61. The maximum atomic E-state index is 5.27. The maximum Gasteiger partial charge on any atom is 0.162 e. The summed E-state index contributed by atoms with van der Waals surface area (Å²) in [6.45, 7) is 4.26. The zero-order chi connectivity index (χ0) is 13.2. The van der Waals surface area contributed by atoms with Gasteiger partial charge in [-0.1, -0.05) is 11.8 Å². The first-order chi connectivity index (χ1) is 8.54. The van der Waals surface area contributed by atoms with Crippen molar-refractivity contribution in [2.75, 3.05) is 25.3 Å². The summed E-state index contributed by atoms with van der Waals surface area (Å²) in [7, 11) is 3.26. The van der Waals surface area contributed by atoms with E-state index in [9.17, 15) is 0 Å². The van der Waals surface area contributed by atoms with Crippen molar-refractivity contribution in [2.45, 2.75) is 19.4 Å². The molecule has 0 saturated heterocycles. The summed E-state index contributed by atoms with van der Waals surface area (Å²) in [6, 6.07) is 5.75. The summed E-state index contributed by atoms with van der Waals surface area (Å²) >= 11 is 1.73. The third-order valence-electron chi connectivity index (χ3n) is 2.60. The van der Waals surface area contributed by atoms with Crippen LogP contribution in [0.25, 0.3) is 0 Å². The lowest BCUT2D eigenvalue weighted by molar-refractivity contribution is 0.355. The Bertz CT molecular complexity index is 472. The minimum atomic E-state index is 0.0174. The smallest absolute Gasteiger partial charge is 0.162 e. The standard InChI is InChI=1S/C13H18N2O2S/c1-13(2)8-18-12(15-13)14-9-5-6-10(16-3)11(7-9)17-4/h5-7H,8H2,1-4H3,(H,14,15). The molecule has 1 heterocycles. The average Bonchev–Trinajstić information content (AvgIpc) is 2.68. The SMILES string of the molecule is COc1ccc(NC2=NC(C)(C)CS2)cc1OC. The van der Waals surface area contributed by atoms with Gasteiger partial charge in [0.05, 0.1) is 19.8 Å². The topological polar surface area (TPSA) is 42.8 Å². The molecule has 1 aliphatic rings. The van der Waals surface area contributed by atoms with Crippen LogP contribution < -0.4 is 14.8 Å². The number of benzene rings is 1. The van der Waals surface area contributed by atoms with E-state index in [1.165, 1.54) is 0 Å². The van der Waals surface area contributed by atoms with E-state index in [0.29, 0.717) is 5.75 Å². The van der Waals surface area contributed by atoms with Gasteiger partial charge in [0.1, 0.15) is 0 Å². The predicted molar refractivity (Wildman–Crippen MR) is 77.1 cm³/mol. The number of rotatable bonds is 3. The van der Waals surface area contributed by atoms with Gasteiger partial charge >= 0.3 is 0 Å². The molecule has 0 spiro atoms. The number of aliphatic imine (C=N–C) groups is 1. The second kappa shape index (κ2) is 5.10. The highest BCUT2D eigenvalue weighted by molar-refractivity contribution is 8.14. The van der Waals surface area contributed by atoms with Gasteiger partial charge in [-0.15, -0.1) is 0 Å². The molecule has 0 aromatic heterocycles. The van der Waals surface area contributed by atoms with Crippen LogP contribution >= 0.6 is 11.8 Å². The summed E-state index contributed by atoms with van der Waals surface area (Å²) in [5.74, 6) is 2.44. The van der Waals surface area contributed by atoms with Crippen LogP contribution in [0.1, 0.15) is 13.8 Å². The number of hydrogen-bond acceptors (Lipinski definition) is 5. The van der Waals surface area contributed by atoms with Crippen molar-refractivity contribution in [3.63, 3.8) is 0 Å². The highest BCUT2D eigenvalue weighted by Crippen LogP contribution is 2.32. The third-order valence-corrected chi connectivity index (χ3v) is 3.92. The first kappa shape index (κ1) is 13.1. The first-order valence-corrected chi connectivity index (χ1v) is 6.74. The molecular weight excluding hydrogens is 248 g/mol. The molecule has 0 fully saturated rings. The molecule has 0 amide bonds. The summed E-state index contributed by atoms with van der Waals surface area (Å²) in [5.41, 5.74) is 0.973. The van der Waals surface area contributed by atoms with Crippen molar-refractivity contribution in [1.82, 2.24) is 0 Å². The van der Waals surface area contributed by atoms with E-state index in [-0.39, 0.29) is 5.54 Å². The minimum absolute atomic E-state index is 0.0174. The highest BCUT2D eigenvalue weighted by atomic mass is 32.2. The van der Waals surface area contributed by atoms with Crippen LogP contribution in [0.3, 0.4) is 0 Å². The molecule has 1 aliphatic heterocycles. The number of methoxy groups -OCH3 is 2. The predicted octanol–water partition coefficient (Wildman–Crippen LogP) is 3.00. The highest BCUT2D eigenvalue weighted by Gasteiger charge is 2.25. The fourth-order valence-corrected chi connectivity index (χ4v) is 2.74. The Kier molecular flexibility index (Phi) is 3.71. The van der Waals surface area contributed by atoms with Crippen molar-refractivity contribution >= 4 is 22.6 Å². The molecular formula is C13H18N2O2S. The Balaban J connectivity index is 2.16. The van der Waals surface area contributed by atoms with Crippen molar-refractivity contribution in [1.29, 1.82) is 0 Å². The second-order valence-corrected chi connectivity index (χ2v) is 5.68. The van der Waals surface area contributed by atoms with Crippen molar-refractivity contribution < 1.29 is 9.47 Å². The number of anilines is 1. The van der Waals surface area contributed by atoms with Gasteiger partial charge in [0.15, 0.2) is 16.7 Å². The second-order valence-electron chi connectivity index (χ2n) is 4.71. The van der Waals surface area contributed by atoms with E-state index in [2.05, 4.69) is 24.2 Å². The summed E-state index contributed by atoms with van der Waals surface area (Å²) < 4.78 is 10.5. The Morgan fingerprint density at radius 1 is 1.22 bits per heavy atom. The summed E-state index contributed by atoms with van der Waals surface area (Å²) in [5, 5.41) is 4.25. The van der Waals surface area contributed by atoms with Crippen LogP contribution in [0.4, 0.5) is 5.69 Å². The zero-order valence-electron chi connectivity index (χ0n) is 11.1.